The van der Waals surface area contributed by atoms with E-state index in [1.807, 2.05) is 35.2 Å². The topological polar surface area (TPSA) is 29.5 Å². The zero-order chi connectivity index (χ0) is 12.8. The maximum absolute atomic E-state index is 11.4. The second kappa shape index (κ2) is 6.24. The molecule has 3 heteroatoms. The van der Waals surface area contributed by atoms with Gasteiger partial charge < -0.3 is 9.64 Å². The number of hydrogen-bond donors (Lipinski definition) is 0. The average Bonchev–Trinajstić information content (AvgIpc) is 2.46. The molecule has 18 heavy (non-hydrogen) atoms. The fourth-order valence-corrected chi connectivity index (χ4v) is 2.18. The molecule has 0 spiro atoms. The molecule has 1 aliphatic heterocycles. The fourth-order valence-electron chi connectivity index (χ4n) is 2.18. The molecule has 0 aromatic heterocycles. The van der Waals surface area contributed by atoms with Gasteiger partial charge in [-0.15, -0.1) is 0 Å². The third kappa shape index (κ3) is 3.36. The van der Waals surface area contributed by atoms with Crippen LogP contribution in [0.15, 0.2) is 43.0 Å². The van der Waals surface area contributed by atoms with Gasteiger partial charge in [0.05, 0.1) is 6.61 Å². The molecule has 1 heterocycles. The van der Waals surface area contributed by atoms with Gasteiger partial charge in [0.2, 0.25) is 5.91 Å². The van der Waals surface area contributed by atoms with Gasteiger partial charge in [-0.3, -0.25) is 4.79 Å². The summed E-state index contributed by atoms with van der Waals surface area (Å²) in [7, 11) is 0. The van der Waals surface area contributed by atoms with E-state index in [0.29, 0.717) is 5.92 Å². The third-order valence-corrected chi connectivity index (χ3v) is 3.33. The van der Waals surface area contributed by atoms with Crippen LogP contribution in [0.2, 0.25) is 0 Å². The number of carbonyl (C=O) groups is 1. The van der Waals surface area contributed by atoms with Crippen LogP contribution in [0, 0.1) is 5.92 Å². The van der Waals surface area contributed by atoms with E-state index in [1.54, 1.807) is 0 Å². The molecule has 1 fully saturated rings. The van der Waals surface area contributed by atoms with Crippen LogP contribution in [0.5, 0.6) is 5.75 Å². The predicted octanol–water partition coefficient (Wildman–Crippen LogP) is 2.49. The lowest BCUT2D eigenvalue weighted by Crippen LogP contribution is -2.38. The number of ether oxygens (including phenoxy) is 1. The van der Waals surface area contributed by atoms with E-state index in [0.717, 1.165) is 38.3 Å². The number of para-hydroxylation sites is 1. The van der Waals surface area contributed by atoms with Gasteiger partial charge in [-0.1, -0.05) is 24.8 Å². The fraction of sp³-hybridized carbons (Fsp3) is 0.400. The van der Waals surface area contributed by atoms with E-state index in [-0.39, 0.29) is 5.91 Å². The van der Waals surface area contributed by atoms with Gasteiger partial charge >= 0.3 is 0 Å². The smallest absolute Gasteiger partial charge is 0.245 e. The summed E-state index contributed by atoms with van der Waals surface area (Å²) in [5, 5.41) is 0. The van der Waals surface area contributed by atoms with Crippen LogP contribution in [0.4, 0.5) is 0 Å². The number of likely N-dealkylation sites (tertiary alicyclic amines) is 1. The number of nitrogens with zero attached hydrogens (tertiary/aromatic N) is 1. The van der Waals surface area contributed by atoms with Crippen molar-refractivity contribution in [2.45, 2.75) is 12.8 Å². The van der Waals surface area contributed by atoms with Crippen molar-refractivity contribution in [3.05, 3.63) is 43.0 Å². The third-order valence-electron chi connectivity index (χ3n) is 3.33. The molecule has 1 aromatic carbocycles. The molecular weight excluding hydrogens is 226 g/mol. The Bertz CT molecular complexity index is 394. The molecule has 1 aliphatic rings. The first-order valence-corrected chi connectivity index (χ1v) is 6.39. The molecule has 1 saturated heterocycles. The second-order valence-corrected chi connectivity index (χ2v) is 4.60. The summed E-state index contributed by atoms with van der Waals surface area (Å²) in [4.78, 5) is 13.3. The number of amides is 1. The van der Waals surface area contributed by atoms with E-state index in [4.69, 9.17) is 4.74 Å². The van der Waals surface area contributed by atoms with Crippen LogP contribution in [-0.4, -0.2) is 30.5 Å². The highest BCUT2D eigenvalue weighted by molar-refractivity contribution is 5.87. The van der Waals surface area contributed by atoms with Crippen molar-refractivity contribution >= 4 is 5.91 Å². The van der Waals surface area contributed by atoms with Crippen molar-refractivity contribution in [2.75, 3.05) is 19.7 Å². The highest BCUT2D eigenvalue weighted by atomic mass is 16.5. The number of rotatable bonds is 4. The second-order valence-electron chi connectivity index (χ2n) is 4.60. The van der Waals surface area contributed by atoms with Crippen molar-refractivity contribution in [3.8, 4) is 5.75 Å². The SMILES string of the molecule is C=CC(=O)N1CCC(COc2ccccc2)CC1. The molecule has 0 atom stereocenters. The number of hydrogen-bond acceptors (Lipinski definition) is 2. The Morgan fingerprint density at radius 1 is 1.33 bits per heavy atom. The highest BCUT2D eigenvalue weighted by Crippen LogP contribution is 2.19. The highest BCUT2D eigenvalue weighted by Gasteiger charge is 2.21. The maximum atomic E-state index is 11.4. The normalized spacial score (nSPS) is 16.3. The molecule has 3 nitrogen and oxygen atoms in total. The first-order valence-electron chi connectivity index (χ1n) is 6.39. The van der Waals surface area contributed by atoms with Crippen molar-refractivity contribution in [2.24, 2.45) is 5.92 Å². The molecule has 96 valence electrons. The van der Waals surface area contributed by atoms with Crippen LogP contribution in [0.1, 0.15) is 12.8 Å². The van der Waals surface area contributed by atoms with Crippen molar-refractivity contribution in [1.82, 2.24) is 4.90 Å². The summed E-state index contributed by atoms with van der Waals surface area (Å²) in [5.41, 5.74) is 0. The van der Waals surface area contributed by atoms with Crippen molar-refractivity contribution in [3.63, 3.8) is 0 Å². The molecule has 0 radical (unpaired) electrons. The zero-order valence-corrected chi connectivity index (χ0v) is 10.5. The van der Waals surface area contributed by atoms with Gasteiger partial charge in [0, 0.05) is 13.1 Å². The molecule has 0 unspecified atom stereocenters. The number of benzene rings is 1. The molecule has 2 rings (SSSR count). The van der Waals surface area contributed by atoms with Crippen LogP contribution in [0.25, 0.3) is 0 Å². The van der Waals surface area contributed by atoms with Gasteiger partial charge in [-0.05, 0) is 37.0 Å². The summed E-state index contributed by atoms with van der Waals surface area (Å²) < 4.78 is 5.74. The van der Waals surface area contributed by atoms with Gasteiger partial charge in [0.25, 0.3) is 0 Å². The Morgan fingerprint density at radius 2 is 2.00 bits per heavy atom. The Labute approximate surface area is 108 Å². The maximum Gasteiger partial charge on any atom is 0.245 e. The summed E-state index contributed by atoms with van der Waals surface area (Å²) in [5.74, 6) is 1.50. The quantitative estimate of drug-likeness (QED) is 0.763. The first kappa shape index (κ1) is 12.7. The minimum absolute atomic E-state index is 0.0393. The monoisotopic (exact) mass is 245 g/mol. The predicted molar refractivity (Wildman–Crippen MR) is 71.4 cm³/mol. The van der Waals surface area contributed by atoms with Crippen LogP contribution in [0.3, 0.4) is 0 Å². The van der Waals surface area contributed by atoms with Crippen LogP contribution < -0.4 is 4.74 Å². The molecule has 0 saturated carbocycles. The Hall–Kier alpha value is -1.77. The summed E-state index contributed by atoms with van der Waals surface area (Å²) in [6.07, 6.45) is 3.40. The lowest BCUT2D eigenvalue weighted by Gasteiger charge is -2.31. The van der Waals surface area contributed by atoms with Crippen molar-refractivity contribution in [1.29, 1.82) is 0 Å². The Kier molecular flexibility index (Phi) is 4.40. The largest absolute Gasteiger partial charge is 0.493 e. The van der Waals surface area contributed by atoms with E-state index < -0.39 is 0 Å². The minimum Gasteiger partial charge on any atom is -0.493 e. The van der Waals surface area contributed by atoms with Crippen LogP contribution >= 0.6 is 0 Å². The van der Waals surface area contributed by atoms with Gasteiger partial charge in [-0.25, -0.2) is 0 Å². The molecule has 0 aliphatic carbocycles. The van der Waals surface area contributed by atoms with Gasteiger partial charge in [0.1, 0.15) is 5.75 Å². The van der Waals surface area contributed by atoms with Gasteiger partial charge in [-0.2, -0.15) is 0 Å². The first-order chi connectivity index (χ1) is 8.79. The molecular formula is C15H19NO2. The lowest BCUT2D eigenvalue weighted by molar-refractivity contribution is -0.127. The van der Waals surface area contributed by atoms with E-state index in [2.05, 4.69) is 6.58 Å². The summed E-state index contributed by atoms with van der Waals surface area (Å²) in [6, 6.07) is 9.86. The zero-order valence-electron chi connectivity index (χ0n) is 10.5. The Morgan fingerprint density at radius 3 is 2.61 bits per heavy atom. The average molecular weight is 245 g/mol. The minimum atomic E-state index is 0.0393. The van der Waals surface area contributed by atoms with Crippen molar-refractivity contribution < 1.29 is 9.53 Å². The number of piperidine rings is 1. The van der Waals surface area contributed by atoms with E-state index >= 15 is 0 Å². The van der Waals surface area contributed by atoms with E-state index in [1.165, 1.54) is 6.08 Å². The summed E-state index contributed by atoms with van der Waals surface area (Å²) in [6.45, 7) is 5.88. The number of carbonyl (C=O) groups excluding carboxylic acids is 1. The lowest BCUT2D eigenvalue weighted by atomic mass is 9.98. The van der Waals surface area contributed by atoms with E-state index in [9.17, 15) is 4.79 Å². The Balaban J connectivity index is 1.74. The molecule has 1 aromatic rings. The van der Waals surface area contributed by atoms with Gasteiger partial charge in [0.15, 0.2) is 0 Å². The summed E-state index contributed by atoms with van der Waals surface area (Å²) >= 11 is 0. The molecule has 0 N–H and O–H groups in total. The molecule has 1 amide bonds. The van der Waals surface area contributed by atoms with Crippen LogP contribution in [-0.2, 0) is 4.79 Å². The molecule has 0 bridgehead atoms. The standard InChI is InChI=1S/C15H19NO2/c1-2-15(17)16-10-8-13(9-11-16)12-18-14-6-4-3-5-7-14/h2-7,13H,1,8-12H2.